The van der Waals surface area contributed by atoms with Crippen molar-refractivity contribution in [2.45, 2.75) is 19.4 Å². The van der Waals surface area contributed by atoms with Gasteiger partial charge in [-0.1, -0.05) is 0 Å². The van der Waals surface area contributed by atoms with Gasteiger partial charge in [-0.05, 0) is 6.42 Å². The molecule has 7 nitrogen and oxygen atoms in total. The van der Waals surface area contributed by atoms with Crippen LogP contribution < -0.4 is 5.32 Å². The van der Waals surface area contributed by atoms with Gasteiger partial charge in [-0.2, -0.15) is 0 Å². The molecule has 1 amide bonds. The molecular weight excluding hydrogens is 262 g/mol. The van der Waals surface area contributed by atoms with Gasteiger partial charge in [0.2, 0.25) is 5.91 Å². The minimum absolute atomic E-state index is 0.304. The van der Waals surface area contributed by atoms with E-state index in [9.17, 15) is 9.59 Å². The maximum Gasteiger partial charge on any atom is 0.326 e. The maximum atomic E-state index is 11.0. The van der Waals surface area contributed by atoms with Crippen molar-refractivity contribution in [2.75, 3.05) is 53.0 Å². The van der Waals surface area contributed by atoms with Crippen molar-refractivity contribution in [1.82, 2.24) is 15.1 Å². The summed E-state index contributed by atoms with van der Waals surface area (Å²) < 4.78 is 5.05. The Hall–Kier alpha value is -1.18. The van der Waals surface area contributed by atoms with Gasteiger partial charge in [0.25, 0.3) is 0 Å². The van der Waals surface area contributed by atoms with E-state index in [1.807, 2.05) is 0 Å². The van der Waals surface area contributed by atoms with Gasteiger partial charge in [-0.3, -0.25) is 9.69 Å². The lowest BCUT2D eigenvalue weighted by atomic mass is 10.2. The lowest BCUT2D eigenvalue weighted by Crippen LogP contribution is -2.49. The molecule has 0 aromatic heterocycles. The molecule has 1 aliphatic rings. The molecule has 1 saturated heterocycles. The number of carboxylic acids is 1. The number of carboxylic acid groups (broad SMARTS) is 1. The summed E-state index contributed by atoms with van der Waals surface area (Å²) >= 11 is 0. The molecule has 20 heavy (non-hydrogen) atoms. The van der Waals surface area contributed by atoms with E-state index in [-0.39, 0.29) is 5.91 Å². The molecule has 2 N–H and O–H groups in total. The van der Waals surface area contributed by atoms with Crippen LogP contribution >= 0.6 is 0 Å². The molecule has 1 unspecified atom stereocenters. The van der Waals surface area contributed by atoms with E-state index < -0.39 is 12.0 Å². The lowest BCUT2D eigenvalue weighted by molar-refractivity contribution is -0.141. The van der Waals surface area contributed by atoms with Crippen molar-refractivity contribution in [2.24, 2.45) is 0 Å². The Morgan fingerprint density at radius 3 is 2.20 bits per heavy atom. The summed E-state index contributed by atoms with van der Waals surface area (Å²) in [4.78, 5) is 26.5. The van der Waals surface area contributed by atoms with Crippen LogP contribution in [0.4, 0.5) is 0 Å². The fourth-order valence-electron chi connectivity index (χ4n) is 2.27. The summed E-state index contributed by atoms with van der Waals surface area (Å²) in [6.45, 7) is 7.51. The van der Waals surface area contributed by atoms with Crippen LogP contribution in [0.1, 0.15) is 13.3 Å². The summed E-state index contributed by atoms with van der Waals surface area (Å²) in [6.07, 6.45) is 0.437. The number of hydrogen-bond acceptors (Lipinski definition) is 5. The van der Waals surface area contributed by atoms with Crippen LogP contribution in [0, 0.1) is 0 Å². The number of carbonyl (C=O) groups excluding carboxylic acids is 1. The smallest absolute Gasteiger partial charge is 0.326 e. The lowest BCUT2D eigenvalue weighted by Gasteiger charge is -2.34. The Labute approximate surface area is 119 Å². The molecule has 1 atom stereocenters. The fraction of sp³-hybridized carbons (Fsp3) is 0.846. The van der Waals surface area contributed by atoms with Gasteiger partial charge in [0.15, 0.2) is 0 Å². The molecule has 116 valence electrons. The van der Waals surface area contributed by atoms with Gasteiger partial charge < -0.3 is 20.1 Å². The number of amides is 1. The number of hydrogen-bond donors (Lipinski definition) is 2. The van der Waals surface area contributed by atoms with Gasteiger partial charge >= 0.3 is 5.97 Å². The molecule has 0 spiro atoms. The van der Waals surface area contributed by atoms with Crippen LogP contribution in [0.2, 0.25) is 0 Å². The zero-order valence-corrected chi connectivity index (χ0v) is 12.3. The number of piperazine rings is 1. The van der Waals surface area contributed by atoms with E-state index >= 15 is 0 Å². The highest BCUT2D eigenvalue weighted by molar-refractivity contribution is 5.81. The second-order valence-electron chi connectivity index (χ2n) is 5.06. The van der Waals surface area contributed by atoms with Crippen molar-refractivity contribution in [3.05, 3.63) is 0 Å². The summed E-state index contributed by atoms with van der Waals surface area (Å²) in [5.74, 6) is -1.28. The van der Waals surface area contributed by atoms with Crippen molar-refractivity contribution in [1.29, 1.82) is 0 Å². The molecule has 7 heteroatoms. The average molecular weight is 287 g/mol. The minimum Gasteiger partial charge on any atom is -0.480 e. The third-order valence-corrected chi connectivity index (χ3v) is 3.49. The Kier molecular flexibility index (Phi) is 7.50. The Bertz CT molecular complexity index is 317. The number of carbonyl (C=O) groups is 2. The second-order valence-corrected chi connectivity index (χ2v) is 5.06. The molecule has 0 saturated carbocycles. The van der Waals surface area contributed by atoms with E-state index in [1.54, 1.807) is 7.11 Å². The maximum absolute atomic E-state index is 11.0. The van der Waals surface area contributed by atoms with Crippen LogP contribution in [-0.2, 0) is 14.3 Å². The third kappa shape index (κ3) is 6.31. The molecule has 0 bridgehead atoms. The van der Waals surface area contributed by atoms with Gasteiger partial charge in [0.1, 0.15) is 6.04 Å². The van der Waals surface area contributed by atoms with Crippen molar-refractivity contribution < 1.29 is 19.4 Å². The second kappa shape index (κ2) is 8.89. The molecule has 0 radical (unpaired) electrons. The van der Waals surface area contributed by atoms with Crippen molar-refractivity contribution in [3.8, 4) is 0 Å². The number of nitrogens with one attached hydrogen (secondary N) is 1. The van der Waals surface area contributed by atoms with Crippen LogP contribution in [0.3, 0.4) is 0 Å². The van der Waals surface area contributed by atoms with E-state index in [0.717, 1.165) is 39.3 Å². The van der Waals surface area contributed by atoms with Gasteiger partial charge in [-0.15, -0.1) is 0 Å². The Balaban J connectivity index is 2.25. The molecule has 1 fully saturated rings. The largest absolute Gasteiger partial charge is 0.480 e. The predicted molar refractivity (Wildman–Crippen MR) is 74.6 cm³/mol. The van der Waals surface area contributed by atoms with Gasteiger partial charge in [-0.25, -0.2) is 4.79 Å². The third-order valence-electron chi connectivity index (χ3n) is 3.49. The highest BCUT2D eigenvalue weighted by Gasteiger charge is 2.21. The normalized spacial score (nSPS) is 18.7. The summed E-state index contributed by atoms with van der Waals surface area (Å²) in [7, 11) is 1.70. The Morgan fingerprint density at radius 1 is 1.20 bits per heavy atom. The van der Waals surface area contributed by atoms with E-state index in [1.165, 1.54) is 6.92 Å². The van der Waals surface area contributed by atoms with Crippen molar-refractivity contribution in [3.63, 3.8) is 0 Å². The zero-order chi connectivity index (χ0) is 15.0. The topological polar surface area (TPSA) is 82.1 Å². The quantitative estimate of drug-likeness (QED) is 0.610. The van der Waals surface area contributed by atoms with Crippen LogP contribution in [0.15, 0.2) is 0 Å². The number of aliphatic carboxylic acids is 1. The summed E-state index contributed by atoms with van der Waals surface area (Å²) in [5.41, 5.74) is 0. The van der Waals surface area contributed by atoms with Crippen LogP contribution in [0.25, 0.3) is 0 Å². The first-order valence-electron chi connectivity index (χ1n) is 6.96. The molecule has 0 aliphatic carbocycles. The first kappa shape index (κ1) is 16.9. The number of methoxy groups -OCH3 is 1. The molecule has 1 heterocycles. The molecule has 1 aliphatic heterocycles. The average Bonchev–Trinajstić information content (AvgIpc) is 2.41. The first-order valence-corrected chi connectivity index (χ1v) is 6.96. The van der Waals surface area contributed by atoms with Crippen LogP contribution in [-0.4, -0.2) is 85.8 Å². The summed E-state index contributed by atoms with van der Waals surface area (Å²) in [6, 6.07) is -0.793. The number of nitrogens with zero attached hydrogens (tertiary/aromatic N) is 2. The SMILES string of the molecule is COCCN1CCN(CCC(NC(C)=O)C(=O)O)CC1. The van der Waals surface area contributed by atoms with Crippen molar-refractivity contribution >= 4 is 11.9 Å². The zero-order valence-electron chi connectivity index (χ0n) is 12.3. The fourth-order valence-corrected chi connectivity index (χ4v) is 2.27. The van der Waals surface area contributed by atoms with Gasteiger partial charge in [0.05, 0.1) is 6.61 Å². The van der Waals surface area contributed by atoms with E-state index in [0.29, 0.717) is 13.0 Å². The van der Waals surface area contributed by atoms with Crippen LogP contribution in [0.5, 0.6) is 0 Å². The highest BCUT2D eigenvalue weighted by Crippen LogP contribution is 2.04. The number of ether oxygens (including phenoxy) is 1. The minimum atomic E-state index is -0.973. The molecule has 0 aromatic rings. The predicted octanol–water partition coefficient (Wildman–Crippen LogP) is -0.770. The molecule has 0 aromatic carbocycles. The monoisotopic (exact) mass is 287 g/mol. The molecular formula is C13H25N3O4. The molecule has 1 rings (SSSR count). The first-order chi connectivity index (χ1) is 9.52. The van der Waals surface area contributed by atoms with Gasteiger partial charge in [0, 0.05) is 53.3 Å². The van der Waals surface area contributed by atoms with E-state index in [2.05, 4.69) is 15.1 Å². The van der Waals surface area contributed by atoms with E-state index in [4.69, 9.17) is 9.84 Å². The highest BCUT2D eigenvalue weighted by atomic mass is 16.5. The number of rotatable bonds is 8. The Morgan fingerprint density at radius 2 is 1.75 bits per heavy atom. The summed E-state index contributed by atoms with van der Waals surface area (Å²) in [5, 5.41) is 11.5. The standard InChI is InChI=1S/C13H25N3O4/c1-11(17)14-12(13(18)19)3-4-15-5-7-16(8-6-15)9-10-20-2/h12H,3-10H2,1-2H3,(H,14,17)(H,18,19).